The number of nitrogens with one attached hydrogen (secondary N) is 2. The first-order valence-corrected chi connectivity index (χ1v) is 12.4. The number of carbonyl (C=O) groups is 1. The zero-order chi connectivity index (χ0) is 23.5. The van der Waals surface area contributed by atoms with E-state index in [1.807, 2.05) is 0 Å². The highest BCUT2D eigenvalue weighted by Crippen LogP contribution is 2.28. The van der Waals surface area contributed by atoms with Gasteiger partial charge in [-0.2, -0.15) is 0 Å². The van der Waals surface area contributed by atoms with Crippen LogP contribution in [-0.2, 0) is 19.9 Å². The minimum absolute atomic E-state index is 0.0791. The molecule has 168 valence electrons. The summed E-state index contributed by atoms with van der Waals surface area (Å²) in [6, 6.07) is 13.6. The van der Waals surface area contributed by atoms with Crippen LogP contribution in [0.25, 0.3) is 0 Å². The van der Waals surface area contributed by atoms with Gasteiger partial charge in [-0.05, 0) is 48.5 Å². The number of phenols is 1. The molecule has 0 aliphatic heterocycles. The molecule has 0 saturated heterocycles. The molecule has 0 radical (unpaired) electrons. The molecule has 3 aromatic carbocycles. The highest BCUT2D eigenvalue weighted by Gasteiger charge is 2.19. The summed E-state index contributed by atoms with van der Waals surface area (Å²) in [4.78, 5) is 12.3. The minimum Gasteiger partial charge on any atom is -0.506 e. The molecule has 32 heavy (non-hydrogen) atoms. The molecule has 3 aromatic rings. The summed E-state index contributed by atoms with van der Waals surface area (Å²) >= 11 is 0. The highest BCUT2D eigenvalue weighted by molar-refractivity contribution is 7.92. The van der Waals surface area contributed by atoms with E-state index in [2.05, 4.69) is 10.0 Å². The number of sulfonamides is 1. The van der Waals surface area contributed by atoms with Gasteiger partial charge in [-0.15, -0.1) is 0 Å². The van der Waals surface area contributed by atoms with Crippen molar-refractivity contribution in [2.45, 2.75) is 16.7 Å². The van der Waals surface area contributed by atoms with Crippen LogP contribution in [0, 0.1) is 5.82 Å². The molecular weight excluding hydrogens is 459 g/mol. The van der Waals surface area contributed by atoms with E-state index in [1.54, 1.807) is 0 Å². The number of amides is 1. The van der Waals surface area contributed by atoms with Crippen LogP contribution in [0.1, 0.15) is 17.3 Å². The Bertz CT molecular complexity index is 1390. The van der Waals surface area contributed by atoms with E-state index in [9.17, 15) is 31.1 Å². The van der Waals surface area contributed by atoms with Crippen LogP contribution < -0.4 is 10.0 Å². The lowest BCUT2D eigenvalue weighted by Gasteiger charge is -2.12. The Morgan fingerprint density at radius 3 is 2.31 bits per heavy atom. The molecule has 0 aliphatic rings. The number of benzene rings is 3. The van der Waals surface area contributed by atoms with Gasteiger partial charge < -0.3 is 10.4 Å². The van der Waals surface area contributed by atoms with Gasteiger partial charge in [0.05, 0.1) is 26.9 Å². The Morgan fingerprint density at radius 1 is 0.906 bits per heavy atom. The number of sulfone groups is 1. The van der Waals surface area contributed by atoms with Crippen molar-refractivity contribution in [2.75, 3.05) is 15.8 Å². The first-order chi connectivity index (χ1) is 15.0. The average Bonchev–Trinajstić information content (AvgIpc) is 2.76. The molecule has 1 amide bonds. The van der Waals surface area contributed by atoms with E-state index >= 15 is 0 Å². The van der Waals surface area contributed by atoms with Crippen LogP contribution in [-0.4, -0.2) is 33.6 Å². The summed E-state index contributed by atoms with van der Waals surface area (Å²) in [5.74, 6) is -2.07. The highest BCUT2D eigenvalue weighted by atomic mass is 32.2. The zero-order valence-corrected chi connectivity index (χ0v) is 18.4. The van der Waals surface area contributed by atoms with Crippen molar-refractivity contribution < 1.29 is 31.1 Å². The molecule has 0 bridgehead atoms. The van der Waals surface area contributed by atoms with Gasteiger partial charge in [-0.1, -0.05) is 25.1 Å². The molecule has 3 rings (SSSR count). The topological polar surface area (TPSA) is 130 Å². The third-order valence-corrected chi connectivity index (χ3v) is 7.58. The number of hydrogen-bond acceptors (Lipinski definition) is 6. The fourth-order valence-electron chi connectivity index (χ4n) is 2.72. The smallest absolute Gasteiger partial charge is 0.262 e. The number of phenolic OH excluding ortho intramolecular Hbond substituents is 1. The largest absolute Gasteiger partial charge is 0.506 e. The van der Waals surface area contributed by atoms with Gasteiger partial charge in [0.2, 0.25) is 0 Å². The maximum absolute atomic E-state index is 13.8. The van der Waals surface area contributed by atoms with E-state index in [-0.39, 0.29) is 38.2 Å². The third kappa shape index (κ3) is 5.06. The molecule has 0 saturated carbocycles. The number of para-hydroxylation sites is 1. The maximum Gasteiger partial charge on any atom is 0.262 e. The summed E-state index contributed by atoms with van der Waals surface area (Å²) in [6.07, 6.45) is 0. The predicted molar refractivity (Wildman–Crippen MR) is 117 cm³/mol. The molecule has 3 N–H and O–H groups in total. The molecule has 0 aromatic heterocycles. The van der Waals surface area contributed by atoms with Crippen LogP contribution in [0.3, 0.4) is 0 Å². The van der Waals surface area contributed by atoms with Gasteiger partial charge >= 0.3 is 0 Å². The SMILES string of the molecule is CCS(=O)(=O)c1ccc(O)c(NC(=O)c2cccc(S(=O)(=O)Nc3ccccc3F)c2)c1. The van der Waals surface area contributed by atoms with Crippen LogP contribution in [0.15, 0.2) is 76.5 Å². The molecule has 8 nitrogen and oxygen atoms in total. The van der Waals surface area contributed by atoms with E-state index < -0.39 is 31.6 Å². The fourth-order valence-corrected chi connectivity index (χ4v) is 4.74. The summed E-state index contributed by atoms with van der Waals surface area (Å²) in [6.45, 7) is 1.46. The second-order valence-electron chi connectivity index (χ2n) is 6.65. The first kappa shape index (κ1) is 23.2. The van der Waals surface area contributed by atoms with E-state index in [1.165, 1.54) is 49.4 Å². The fraction of sp³-hybridized carbons (Fsp3) is 0.0952. The lowest BCUT2D eigenvalue weighted by Crippen LogP contribution is -2.16. The Balaban J connectivity index is 1.88. The van der Waals surface area contributed by atoms with Crippen molar-refractivity contribution >= 4 is 37.1 Å². The van der Waals surface area contributed by atoms with Gasteiger partial charge in [0.25, 0.3) is 15.9 Å². The molecule has 0 unspecified atom stereocenters. The van der Waals surface area contributed by atoms with Crippen LogP contribution in [0.2, 0.25) is 0 Å². The van der Waals surface area contributed by atoms with Crippen molar-refractivity contribution in [1.29, 1.82) is 0 Å². The number of carbonyl (C=O) groups excluding carboxylic acids is 1. The van der Waals surface area contributed by atoms with Gasteiger partial charge in [0, 0.05) is 5.56 Å². The first-order valence-electron chi connectivity index (χ1n) is 9.28. The Labute approximate surface area is 184 Å². The van der Waals surface area contributed by atoms with Crippen molar-refractivity contribution in [3.63, 3.8) is 0 Å². The molecular formula is C21H19FN2O6S2. The van der Waals surface area contributed by atoms with Crippen molar-refractivity contribution in [2.24, 2.45) is 0 Å². The molecule has 0 atom stereocenters. The van der Waals surface area contributed by atoms with Gasteiger partial charge in [0.15, 0.2) is 9.84 Å². The predicted octanol–water partition coefficient (Wildman–Crippen LogP) is 3.38. The van der Waals surface area contributed by atoms with E-state index in [0.29, 0.717) is 0 Å². The summed E-state index contributed by atoms with van der Waals surface area (Å²) in [5, 5.41) is 12.4. The lowest BCUT2D eigenvalue weighted by molar-refractivity contribution is 0.102. The quantitative estimate of drug-likeness (QED) is 0.447. The van der Waals surface area contributed by atoms with Gasteiger partial charge in [-0.3, -0.25) is 9.52 Å². The average molecular weight is 479 g/mol. The normalized spacial score (nSPS) is 11.7. The van der Waals surface area contributed by atoms with Gasteiger partial charge in [-0.25, -0.2) is 21.2 Å². The lowest BCUT2D eigenvalue weighted by atomic mass is 10.2. The minimum atomic E-state index is -4.20. The van der Waals surface area contributed by atoms with Crippen LogP contribution in [0.5, 0.6) is 5.75 Å². The Kier molecular flexibility index (Phi) is 6.51. The van der Waals surface area contributed by atoms with Gasteiger partial charge in [0.1, 0.15) is 11.6 Å². The molecule has 0 aliphatic carbocycles. The number of halogens is 1. The molecule has 0 spiro atoms. The number of rotatable bonds is 7. The third-order valence-electron chi connectivity index (χ3n) is 4.48. The van der Waals surface area contributed by atoms with Crippen LogP contribution in [0.4, 0.5) is 15.8 Å². The van der Waals surface area contributed by atoms with E-state index in [4.69, 9.17) is 0 Å². The van der Waals surface area contributed by atoms with Crippen molar-refractivity contribution in [3.05, 3.63) is 78.1 Å². The zero-order valence-electron chi connectivity index (χ0n) is 16.7. The number of aromatic hydroxyl groups is 1. The molecule has 0 heterocycles. The number of anilines is 2. The maximum atomic E-state index is 13.8. The number of hydrogen-bond donors (Lipinski definition) is 3. The summed E-state index contributed by atoms with van der Waals surface area (Å²) < 4.78 is 65.3. The monoisotopic (exact) mass is 478 g/mol. The standard InChI is InChI=1S/C21H19FN2O6S2/c1-2-31(27,28)15-10-11-20(25)19(13-15)23-21(26)14-6-5-7-16(12-14)32(29,30)24-18-9-4-3-8-17(18)22/h3-13,24-25H,2H2,1H3,(H,23,26). The Morgan fingerprint density at radius 2 is 1.62 bits per heavy atom. The second-order valence-corrected chi connectivity index (χ2v) is 10.6. The molecule has 11 heteroatoms. The van der Waals surface area contributed by atoms with Crippen LogP contribution >= 0.6 is 0 Å². The van der Waals surface area contributed by atoms with E-state index in [0.717, 1.165) is 24.3 Å². The summed E-state index contributed by atoms with van der Waals surface area (Å²) in [7, 11) is -7.78. The Hall–Kier alpha value is -3.44. The second kappa shape index (κ2) is 8.97. The van der Waals surface area contributed by atoms with Crippen molar-refractivity contribution in [3.8, 4) is 5.75 Å². The summed E-state index contributed by atoms with van der Waals surface area (Å²) in [5.41, 5.74) is -0.479. The molecule has 0 fully saturated rings. The van der Waals surface area contributed by atoms with Crippen molar-refractivity contribution in [1.82, 2.24) is 0 Å².